The van der Waals surface area contributed by atoms with E-state index in [-0.39, 0.29) is 18.5 Å². The van der Waals surface area contributed by atoms with E-state index in [1.165, 1.54) is 12.0 Å². The number of aromatic nitrogens is 1. The third-order valence-corrected chi connectivity index (χ3v) is 2.42. The minimum Gasteiger partial charge on any atom is -0.387 e. The van der Waals surface area contributed by atoms with E-state index in [0.717, 1.165) is 25.0 Å². The van der Waals surface area contributed by atoms with E-state index in [4.69, 9.17) is 0 Å². The molecule has 0 bridgehead atoms. The highest BCUT2D eigenvalue weighted by molar-refractivity contribution is 5.85. The lowest BCUT2D eigenvalue weighted by atomic mass is 10.1. The maximum Gasteiger partial charge on any atom is 0.0962 e. The second-order valence-electron chi connectivity index (χ2n) is 3.31. The minimum atomic E-state index is -0.330. The number of aliphatic hydroxyl groups excluding tert-OH is 1. The summed E-state index contributed by atoms with van der Waals surface area (Å²) in [5, 5.41) is 9.68. The Balaban J connectivity index is 0.000000845. The Bertz CT molecular complexity index is 277. The first-order chi connectivity index (χ1) is 5.88. The molecule has 0 spiro atoms. The fraction of sp³-hybridized carbons (Fsp3) is 0.500. The van der Waals surface area contributed by atoms with Gasteiger partial charge in [-0.15, -0.1) is 12.4 Å². The van der Waals surface area contributed by atoms with Crippen molar-refractivity contribution in [1.82, 2.24) is 4.98 Å². The fourth-order valence-electron chi connectivity index (χ4n) is 1.75. The van der Waals surface area contributed by atoms with Gasteiger partial charge >= 0.3 is 0 Å². The van der Waals surface area contributed by atoms with Crippen LogP contribution in [0.25, 0.3) is 0 Å². The summed E-state index contributed by atoms with van der Waals surface area (Å²) in [7, 11) is 0. The van der Waals surface area contributed by atoms with Crippen LogP contribution in [0.2, 0.25) is 0 Å². The molecule has 0 fully saturated rings. The molecule has 1 aromatic rings. The largest absolute Gasteiger partial charge is 0.387 e. The zero-order chi connectivity index (χ0) is 8.39. The Kier molecular flexibility index (Phi) is 3.70. The van der Waals surface area contributed by atoms with Crippen LogP contribution < -0.4 is 0 Å². The van der Waals surface area contributed by atoms with Crippen molar-refractivity contribution in [3.63, 3.8) is 0 Å². The summed E-state index contributed by atoms with van der Waals surface area (Å²) in [5.74, 6) is 0. The number of nitrogens with zero attached hydrogens (tertiary/aromatic N) is 1. The van der Waals surface area contributed by atoms with Gasteiger partial charge in [0.1, 0.15) is 0 Å². The number of aryl methyl sites for hydroxylation is 1. The van der Waals surface area contributed by atoms with E-state index in [0.29, 0.717) is 0 Å². The predicted octanol–water partition coefficient (Wildman–Crippen LogP) is 2.26. The van der Waals surface area contributed by atoms with Gasteiger partial charge in [-0.05, 0) is 30.9 Å². The number of hydrogen-bond donors (Lipinski definition) is 1. The molecule has 1 unspecified atom stereocenters. The van der Waals surface area contributed by atoms with Gasteiger partial charge in [0.15, 0.2) is 0 Å². The van der Waals surface area contributed by atoms with Gasteiger partial charge in [-0.25, -0.2) is 0 Å². The third kappa shape index (κ3) is 2.20. The molecule has 1 heterocycles. The van der Waals surface area contributed by atoms with Crippen LogP contribution in [0.3, 0.4) is 0 Å². The molecule has 0 saturated heterocycles. The van der Waals surface area contributed by atoms with Gasteiger partial charge in [-0.1, -0.05) is 12.5 Å². The molecule has 2 nitrogen and oxygen atoms in total. The van der Waals surface area contributed by atoms with Crippen LogP contribution in [-0.4, -0.2) is 10.1 Å². The lowest BCUT2D eigenvalue weighted by Crippen LogP contribution is -2.01. The lowest BCUT2D eigenvalue weighted by molar-refractivity contribution is 0.162. The van der Waals surface area contributed by atoms with E-state index in [9.17, 15) is 5.11 Å². The van der Waals surface area contributed by atoms with Crippen LogP contribution in [0.1, 0.15) is 36.6 Å². The lowest BCUT2D eigenvalue weighted by Gasteiger charge is -2.08. The van der Waals surface area contributed by atoms with Crippen molar-refractivity contribution in [3.8, 4) is 0 Å². The normalized spacial score (nSPS) is 21.2. The number of hydrogen-bond acceptors (Lipinski definition) is 2. The molecule has 1 aliphatic carbocycles. The van der Waals surface area contributed by atoms with Crippen molar-refractivity contribution in [2.45, 2.75) is 31.8 Å². The SMILES string of the molecule is Cl.OC1CCCCc2cccnc21. The molecule has 0 aromatic carbocycles. The molecule has 2 rings (SSSR count). The predicted molar refractivity (Wildman–Crippen MR) is 54.0 cm³/mol. The molecule has 1 aliphatic rings. The number of rotatable bonds is 0. The summed E-state index contributed by atoms with van der Waals surface area (Å²) in [6.45, 7) is 0. The second kappa shape index (κ2) is 4.58. The molecular weight excluding hydrogens is 186 g/mol. The minimum absolute atomic E-state index is 0. The van der Waals surface area contributed by atoms with Gasteiger partial charge < -0.3 is 5.11 Å². The first-order valence-electron chi connectivity index (χ1n) is 4.50. The molecule has 72 valence electrons. The third-order valence-electron chi connectivity index (χ3n) is 2.42. The summed E-state index contributed by atoms with van der Waals surface area (Å²) >= 11 is 0. The summed E-state index contributed by atoms with van der Waals surface area (Å²) in [6, 6.07) is 4.01. The number of pyridine rings is 1. The van der Waals surface area contributed by atoms with Crippen LogP contribution in [-0.2, 0) is 6.42 Å². The van der Waals surface area contributed by atoms with Crippen LogP contribution >= 0.6 is 12.4 Å². The Morgan fingerprint density at radius 3 is 3.08 bits per heavy atom. The summed E-state index contributed by atoms with van der Waals surface area (Å²) in [6.07, 6.45) is 5.65. The fourth-order valence-corrected chi connectivity index (χ4v) is 1.75. The van der Waals surface area contributed by atoms with Gasteiger partial charge in [0, 0.05) is 6.20 Å². The summed E-state index contributed by atoms with van der Waals surface area (Å²) < 4.78 is 0. The number of fused-ring (bicyclic) bond motifs is 1. The van der Waals surface area contributed by atoms with E-state index >= 15 is 0 Å². The molecule has 3 heteroatoms. The Morgan fingerprint density at radius 2 is 2.23 bits per heavy atom. The van der Waals surface area contributed by atoms with E-state index < -0.39 is 0 Å². The van der Waals surface area contributed by atoms with Crippen molar-refractivity contribution in [2.75, 3.05) is 0 Å². The van der Waals surface area contributed by atoms with Gasteiger partial charge in [0.05, 0.1) is 11.8 Å². The molecule has 1 atom stereocenters. The van der Waals surface area contributed by atoms with E-state index in [1.54, 1.807) is 6.20 Å². The highest BCUT2D eigenvalue weighted by Gasteiger charge is 2.16. The molecule has 1 aromatic heterocycles. The number of aliphatic hydroxyl groups is 1. The quantitative estimate of drug-likeness (QED) is 0.651. The zero-order valence-electron chi connectivity index (χ0n) is 7.44. The Hall–Kier alpha value is -0.600. The molecule has 0 radical (unpaired) electrons. The number of halogens is 1. The highest BCUT2D eigenvalue weighted by Crippen LogP contribution is 2.25. The Labute approximate surface area is 84.4 Å². The van der Waals surface area contributed by atoms with Gasteiger partial charge in [0.25, 0.3) is 0 Å². The van der Waals surface area contributed by atoms with Crippen molar-refractivity contribution in [3.05, 3.63) is 29.6 Å². The monoisotopic (exact) mass is 199 g/mol. The summed E-state index contributed by atoms with van der Waals surface area (Å²) in [4.78, 5) is 4.21. The van der Waals surface area contributed by atoms with Crippen molar-refractivity contribution < 1.29 is 5.11 Å². The molecule has 0 saturated carbocycles. The highest BCUT2D eigenvalue weighted by atomic mass is 35.5. The Morgan fingerprint density at radius 1 is 1.38 bits per heavy atom. The van der Waals surface area contributed by atoms with Gasteiger partial charge in [-0.3, -0.25) is 4.98 Å². The van der Waals surface area contributed by atoms with Crippen LogP contribution in [0.5, 0.6) is 0 Å². The average Bonchev–Trinajstić information content (AvgIpc) is 2.29. The average molecular weight is 200 g/mol. The van der Waals surface area contributed by atoms with Gasteiger partial charge in [-0.2, -0.15) is 0 Å². The smallest absolute Gasteiger partial charge is 0.0962 e. The maximum atomic E-state index is 9.68. The van der Waals surface area contributed by atoms with Crippen molar-refractivity contribution >= 4 is 12.4 Å². The molecular formula is C10H14ClNO. The standard InChI is InChI=1S/C10H13NO.ClH/c12-9-6-2-1-4-8-5-3-7-11-10(8)9;/h3,5,7,9,12H,1-2,4,6H2;1H. The first-order valence-corrected chi connectivity index (χ1v) is 4.50. The topological polar surface area (TPSA) is 33.1 Å². The van der Waals surface area contributed by atoms with Crippen molar-refractivity contribution in [1.29, 1.82) is 0 Å². The van der Waals surface area contributed by atoms with Crippen molar-refractivity contribution in [2.24, 2.45) is 0 Å². The molecule has 0 amide bonds. The van der Waals surface area contributed by atoms with Gasteiger partial charge in [0.2, 0.25) is 0 Å². The first kappa shape index (κ1) is 10.5. The summed E-state index contributed by atoms with van der Waals surface area (Å²) in [5.41, 5.74) is 2.12. The van der Waals surface area contributed by atoms with Crippen LogP contribution in [0, 0.1) is 0 Å². The maximum absolute atomic E-state index is 9.68. The van der Waals surface area contributed by atoms with E-state index in [2.05, 4.69) is 11.1 Å². The molecule has 13 heavy (non-hydrogen) atoms. The van der Waals surface area contributed by atoms with Crippen LogP contribution in [0.15, 0.2) is 18.3 Å². The van der Waals surface area contributed by atoms with E-state index in [1.807, 2.05) is 6.07 Å². The molecule has 1 N–H and O–H groups in total. The zero-order valence-corrected chi connectivity index (χ0v) is 8.26. The van der Waals surface area contributed by atoms with Crippen LogP contribution in [0.4, 0.5) is 0 Å². The second-order valence-corrected chi connectivity index (χ2v) is 3.31. The molecule has 0 aliphatic heterocycles.